The maximum Gasteiger partial charge on any atom is 0.410 e. The summed E-state index contributed by atoms with van der Waals surface area (Å²) in [4.78, 5) is 30.6. The van der Waals surface area contributed by atoms with E-state index in [-0.39, 0.29) is 35.0 Å². The van der Waals surface area contributed by atoms with Gasteiger partial charge in [0, 0.05) is 51.5 Å². The van der Waals surface area contributed by atoms with Crippen molar-refractivity contribution in [2.75, 3.05) is 31.2 Å². The number of aryl methyl sites for hydroxylation is 1. The molecule has 0 radical (unpaired) electrons. The van der Waals surface area contributed by atoms with Gasteiger partial charge in [-0.15, -0.1) is 0 Å². The highest BCUT2D eigenvalue weighted by Gasteiger charge is 2.40. The number of carbonyl (C=O) groups is 1. The SMILES string of the molecule is C[C@@H]1CN(c2cc(=O)n(C)c3cn(C4CCCCO4)nc23)[C@@H](CCO[Si](C)(C)C(C)(C)C)CN1C(=O)OC(C)(C)C. The highest BCUT2D eigenvalue weighted by molar-refractivity contribution is 6.74. The van der Waals surface area contributed by atoms with E-state index < -0.39 is 13.9 Å². The van der Waals surface area contributed by atoms with Crippen LogP contribution in [0.15, 0.2) is 17.1 Å². The molecule has 2 saturated heterocycles. The van der Waals surface area contributed by atoms with Gasteiger partial charge in [0.2, 0.25) is 0 Å². The largest absolute Gasteiger partial charge is 0.444 e. The molecule has 4 heterocycles. The lowest BCUT2D eigenvalue weighted by atomic mass is 10.0. The van der Waals surface area contributed by atoms with Gasteiger partial charge in [-0.05, 0) is 71.5 Å². The molecule has 1 unspecified atom stereocenters. The maximum atomic E-state index is 13.2. The average Bonchev–Trinajstić information content (AvgIpc) is 3.31. The summed E-state index contributed by atoms with van der Waals surface area (Å²) in [6.45, 7) is 21.2. The van der Waals surface area contributed by atoms with Gasteiger partial charge >= 0.3 is 6.09 Å². The molecule has 10 nitrogen and oxygen atoms in total. The van der Waals surface area contributed by atoms with Crippen molar-refractivity contribution in [1.82, 2.24) is 19.2 Å². The van der Waals surface area contributed by atoms with E-state index in [1.807, 2.05) is 43.5 Å². The minimum atomic E-state index is -1.96. The van der Waals surface area contributed by atoms with Gasteiger partial charge in [-0.2, -0.15) is 5.10 Å². The first-order valence-corrected chi connectivity index (χ1v) is 18.0. The summed E-state index contributed by atoms with van der Waals surface area (Å²) in [6.07, 6.45) is 5.25. The Bertz CT molecular complexity index is 1290. The molecule has 0 N–H and O–H groups in total. The first-order chi connectivity index (χ1) is 19.0. The number of piperazine rings is 1. The number of hydrogen-bond donors (Lipinski definition) is 0. The normalized spacial score (nSPS) is 22.8. The highest BCUT2D eigenvalue weighted by Crippen LogP contribution is 2.37. The van der Waals surface area contributed by atoms with E-state index in [2.05, 4.69) is 38.8 Å². The van der Waals surface area contributed by atoms with E-state index in [0.29, 0.717) is 32.7 Å². The van der Waals surface area contributed by atoms with E-state index in [1.54, 1.807) is 17.7 Å². The molecule has 2 aromatic heterocycles. The number of hydrogen-bond acceptors (Lipinski definition) is 7. The van der Waals surface area contributed by atoms with Crippen LogP contribution in [0.5, 0.6) is 0 Å². The van der Waals surface area contributed by atoms with Gasteiger partial charge in [-0.3, -0.25) is 4.79 Å². The topological polar surface area (TPSA) is 91.1 Å². The molecule has 230 valence electrons. The molecular weight excluding hydrogens is 538 g/mol. The summed E-state index contributed by atoms with van der Waals surface area (Å²) < 4.78 is 21.9. The Morgan fingerprint density at radius 2 is 1.85 bits per heavy atom. The zero-order valence-corrected chi connectivity index (χ0v) is 27.8. The number of carbonyl (C=O) groups excluding carboxylic acids is 1. The molecule has 0 spiro atoms. The zero-order chi connectivity index (χ0) is 30.3. The fourth-order valence-electron chi connectivity index (χ4n) is 5.33. The van der Waals surface area contributed by atoms with Gasteiger partial charge in [-0.25, -0.2) is 9.48 Å². The second-order valence-corrected chi connectivity index (χ2v) is 19.1. The third kappa shape index (κ3) is 7.00. The Morgan fingerprint density at radius 1 is 1.15 bits per heavy atom. The van der Waals surface area contributed by atoms with Gasteiger partial charge in [0.05, 0.1) is 17.4 Å². The van der Waals surface area contributed by atoms with Crippen LogP contribution >= 0.6 is 0 Å². The van der Waals surface area contributed by atoms with Crippen LogP contribution < -0.4 is 10.5 Å². The molecule has 41 heavy (non-hydrogen) atoms. The molecule has 2 aromatic rings. The summed E-state index contributed by atoms with van der Waals surface area (Å²) in [5.41, 5.74) is 1.68. The Kier molecular flexibility index (Phi) is 9.02. The Hall–Kier alpha value is -2.37. The van der Waals surface area contributed by atoms with Crippen molar-refractivity contribution in [3.8, 4) is 0 Å². The molecule has 11 heteroatoms. The molecule has 4 rings (SSSR count). The van der Waals surface area contributed by atoms with Gasteiger partial charge in [0.25, 0.3) is 5.56 Å². The number of amides is 1. The number of ether oxygens (including phenoxy) is 2. The minimum Gasteiger partial charge on any atom is -0.444 e. The zero-order valence-electron chi connectivity index (χ0n) is 26.8. The predicted octanol–water partition coefficient (Wildman–Crippen LogP) is 5.66. The van der Waals surface area contributed by atoms with Crippen molar-refractivity contribution in [1.29, 1.82) is 0 Å². The molecule has 0 saturated carbocycles. The number of fused-ring (bicyclic) bond motifs is 1. The average molecular weight is 590 g/mol. The first-order valence-electron chi connectivity index (χ1n) is 15.1. The van der Waals surface area contributed by atoms with Gasteiger partial charge < -0.3 is 28.3 Å². The van der Waals surface area contributed by atoms with Gasteiger partial charge in [0.15, 0.2) is 8.32 Å². The monoisotopic (exact) mass is 589 g/mol. The van der Waals surface area contributed by atoms with Gasteiger partial charge in [-0.1, -0.05) is 20.8 Å². The number of rotatable bonds is 6. The summed E-state index contributed by atoms with van der Waals surface area (Å²) in [7, 11) is -0.170. The molecule has 3 atom stereocenters. The number of pyridine rings is 1. The lowest BCUT2D eigenvalue weighted by Crippen LogP contribution is -2.60. The van der Waals surface area contributed by atoms with Crippen molar-refractivity contribution >= 4 is 31.1 Å². The van der Waals surface area contributed by atoms with E-state index in [4.69, 9.17) is 19.0 Å². The first kappa shape index (κ1) is 31.6. The van der Waals surface area contributed by atoms with E-state index >= 15 is 0 Å². The van der Waals surface area contributed by atoms with Crippen molar-refractivity contribution in [2.24, 2.45) is 7.05 Å². The molecule has 0 aliphatic carbocycles. The number of anilines is 1. The van der Waals surface area contributed by atoms with Crippen molar-refractivity contribution in [2.45, 2.75) is 116 Å². The molecule has 0 aromatic carbocycles. The molecular formula is C30H51N5O5Si. The van der Waals surface area contributed by atoms with E-state index in [1.165, 1.54) is 0 Å². The standard InChI is InChI=1S/C30H51N5O5Si/c1-21-18-34(23-17-25(36)32(8)24-20-35(31-27(23)24)26-13-11-12-15-38-26)22(14-16-39-41(9,10)30(5,6)7)19-33(21)28(37)40-29(2,3)4/h17,20-22,26H,11-16,18-19H2,1-10H3/t21-,22+,26?/m1/s1. The number of nitrogens with zero attached hydrogens (tertiary/aromatic N) is 5. The molecule has 1 amide bonds. The molecule has 0 bridgehead atoms. The van der Waals surface area contributed by atoms with E-state index in [9.17, 15) is 9.59 Å². The van der Waals surface area contributed by atoms with Crippen LogP contribution in [0.3, 0.4) is 0 Å². The number of aromatic nitrogens is 3. The van der Waals surface area contributed by atoms with Crippen LogP contribution in [-0.4, -0.2) is 77.6 Å². The Labute approximate surface area is 246 Å². The molecule has 2 fully saturated rings. The summed E-state index contributed by atoms with van der Waals surface area (Å²) in [5, 5.41) is 5.09. The summed E-state index contributed by atoms with van der Waals surface area (Å²) in [6, 6.07) is 1.50. The summed E-state index contributed by atoms with van der Waals surface area (Å²) in [5.74, 6) is 0. The Morgan fingerprint density at radius 3 is 2.46 bits per heavy atom. The summed E-state index contributed by atoms with van der Waals surface area (Å²) >= 11 is 0. The van der Waals surface area contributed by atoms with Crippen LogP contribution in [0, 0.1) is 0 Å². The second-order valence-electron chi connectivity index (χ2n) is 14.3. The second kappa shape index (κ2) is 11.7. The minimum absolute atomic E-state index is 0.0742. The van der Waals surface area contributed by atoms with Crippen molar-refractivity contribution < 1.29 is 18.7 Å². The Balaban J connectivity index is 1.70. The molecule has 2 aliphatic heterocycles. The van der Waals surface area contributed by atoms with Crippen LogP contribution in [0.25, 0.3) is 11.0 Å². The predicted molar refractivity (Wildman–Crippen MR) is 165 cm³/mol. The van der Waals surface area contributed by atoms with Crippen molar-refractivity contribution in [3.63, 3.8) is 0 Å². The van der Waals surface area contributed by atoms with Crippen LogP contribution in [0.2, 0.25) is 18.1 Å². The lowest BCUT2D eigenvalue weighted by molar-refractivity contribution is -0.0391. The maximum absolute atomic E-state index is 13.2. The van der Waals surface area contributed by atoms with E-state index in [0.717, 1.165) is 36.0 Å². The van der Waals surface area contributed by atoms with Gasteiger partial charge in [0.1, 0.15) is 17.3 Å². The third-order valence-corrected chi connectivity index (χ3v) is 13.4. The highest BCUT2D eigenvalue weighted by atomic mass is 28.4. The molecule has 2 aliphatic rings. The van der Waals surface area contributed by atoms with Crippen LogP contribution in [-0.2, 0) is 20.9 Å². The third-order valence-electron chi connectivity index (χ3n) is 8.86. The lowest BCUT2D eigenvalue weighted by Gasteiger charge is -2.47. The fraction of sp³-hybridized carbons (Fsp3) is 0.767. The quantitative estimate of drug-likeness (QED) is 0.402. The van der Waals surface area contributed by atoms with Crippen LogP contribution in [0.4, 0.5) is 10.5 Å². The smallest absolute Gasteiger partial charge is 0.410 e. The van der Waals surface area contributed by atoms with Crippen molar-refractivity contribution in [3.05, 3.63) is 22.6 Å². The fourth-order valence-corrected chi connectivity index (χ4v) is 6.39. The van der Waals surface area contributed by atoms with Crippen LogP contribution in [0.1, 0.15) is 80.4 Å².